The predicted octanol–water partition coefficient (Wildman–Crippen LogP) is 10.2. The van der Waals surface area contributed by atoms with Gasteiger partial charge in [0.1, 0.15) is 0 Å². The van der Waals surface area contributed by atoms with Crippen molar-refractivity contribution in [1.82, 2.24) is 0 Å². The lowest BCUT2D eigenvalue weighted by Gasteiger charge is -2.26. The normalized spacial score (nSPS) is 11.7. The standard InChI is InChI=1S/C38H28/c1-26-21-23-30(24-22-26)34-33-25-31-19-11-12-20-32(31)38(33)37(29-17-9-4-10-18-29)36(28-15-7-3-8-16-28)35(34)27-13-5-2-6-14-27/h2-24H,25H2,1H3. The van der Waals surface area contributed by atoms with Crippen LogP contribution in [0.25, 0.3) is 55.6 Å². The predicted molar refractivity (Wildman–Crippen MR) is 161 cm³/mol. The molecule has 38 heavy (non-hydrogen) atoms. The van der Waals surface area contributed by atoms with Crippen molar-refractivity contribution in [1.29, 1.82) is 0 Å². The molecule has 0 heteroatoms. The minimum atomic E-state index is 0.934. The molecular weight excluding hydrogens is 456 g/mol. The first-order valence-electron chi connectivity index (χ1n) is 13.3. The second-order valence-corrected chi connectivity index (χ2v) is 10.2. The fourth-order valence-electron chi connectivity index (χ4n) is 6.10. The lowest BCUT2D eigenvalue weighted by atomic mass is 9.77. The highest BCUT2D eigenvalue weighted by atomic mass is 14.3. The number of hydrogen-bond acceptors (Lipinski definition) is 0. The van der Waals surface area contributed by atoms with Gasteiger partial charge in [0, 0.05) is 0 Å². The number of fused-ring (bicyclic) bond motifs is 3. The monoisotopic (exact) mass is 484 g/mol. The molecule has 0 aromatic heterocycles. The van der Waals surface area contributed by atoms with Crippen LogP contribution in [-0.4, -0.2) is 0 Å². The molecule has 0 spiro atoms. The molecule has 0 amide bonds. The molecule has 6 aromatic carbocycles. The fraction of sp³-hybridized carbons (Fsp3) is 0.0526. The summed E-state index contributed by atoms with van der Waals surface area (Å²) in [5, 5.41) is 0. The van der Waals surface area contributed by atoms with E-state index in [1.54, 1.807) is 0 Å². The second kappa shape index (κ2) is 9.32. The topological polar surface area (TPSA) is 0 Å². The third-order valence-electron chi connectivity index (χ3n) is 7.79. The molecule has 6 aromatic rings. The van der Waals surface area contributed by atoms with E-state index >= 15 is 0 Å². The Morgan fingerprint density at radius 1 is 0.368 bits per heavy atom. The van der Waals surface area contributed by atoms with E-state index in [0.29, 0.717) is 0 Å². The third-order valence-corrected chi connectivity index (χ3v) is 7.79. The van der Waals surface area contributed by atoms with Gasteiger partial charge in [-0.3, -0.25) is 0 Å². The lowest BCUT2D eigenvalue weighted by molar-refractivity contribution is 1.26. The van der Waals surface area contributed by atoms with Crippen LogP contribution in [0.5, 0.6) is 0 Å². The summed E-state index contributed by atoms with van der Waals surface area (Å²) in [5.74, 6) is 0. The van der Waals surface area contributed by atoms with Crippen molar-refractivity contribution in [3.05, 3.63) is 156 Å². The van der Waals surface area contributed by atoms with Crippen molar-refractivity contribution in [2.75, 3.05) is 0 Å². The van der Waals surface area contributed by atoms with Crippen LogP contribution in [-0.2, 0) is 6.42 Å². The Kier molecular flexibility index (Phi) is 5.52. The van der Waals surface area contributed by atoms with Gasteiger partial charge in [0.15, 0.2) is 0 Å². The maximum Gasteiger partial charge on any atom is -0.000683 e. The molecule has 0 bridgehead atoms. The zero-order chi connectivity index (χ0) is 25.5. The Hall–Kier alpha value is -4.68. The largest absolute Gasteiger partial charge is 0.0622 e. The van der Waals surface area contributed by atoms with Crippen LogP contribution in [0.1, 0.15) is 16.7 Å². The first-order valence-corrected chi connectivity index (χ1v) is 13.3. The Bertz CT molecular complexity index is 1740. The SMILES string of the molecule is Cc1ccc(-c2c3c(c(-c4ccccc4)c(-c4ccccc4)c2-c2ccccc2)-c2ccccc2C3)cc1. The molecule has 0 saturated carbocycles. The van der Waals surface area contributed by atoms with E-state index in [9.17, 15) is 0 Å². The summed E-state index contributed by atoms with van der Waals surface area (Å²) in [6.45, 7) is 2.16. The van der Waals surface area contributed by atoms with Crippen molar-refractivity contribution in [3.8, 4) is 55.6 Å². The maximum atomic E-state index is 2.31. The van der Waals surface area contributed by atoms with Gasteiger partial charge in [-0.15, -0.1) is 0 Å². The summed E-state index contributed by atoms with van der Waals surface area (Å²) >= 11 is 0. The summed E-state index contributed by atoms with van der Waals surface area (Å²) < 4.78 is 0. The minimum Gasteiger partial charge on any atom is -0.0622 e. The molecular formula is C38H28. The van der Waals surface area contributed by atoms with Crippen LogP contribution in [0.3, 0.4) is 0 Å². The van der Waals surface area contributed by atoms with Gasteiger partial charge in [0.25, 0.3) is 0 Å². The summed E-state index contributed by atoms with van der Waals surface area (Å²) in [7, 11) is 0. The molecule has 180 valence electrons. The average Bonchev–Trinajstić information content (AvgIpc) is 3.37. The Labute approximate surface area is 224 Å². The van der Waals surface area contributed by atoms with Gasteiger partial charge in [0.2, 0.25) is 0 Å². The Morgan fingerprint density at radius 2 is 0.789 bits per heavy atom. The van der Waals surface area contributed by atoms with Crippen molar-refractivity contribution in [2.24, 2.45) is 0 Å². The van der Waals surface area contributed by atoms with Crippen molar-refractivity contribution >= 4 is 0 Å². The summed E-state index contributed by atoms with van der Waals surface area (Å²) in [5.41, 5.74) is 17.1. The number of rotatable bonds is 4. The van der Waals surface area contributed by atoms with Crippen molar-refractivity contribution < 1.29 is 0 Å². The fourth-order valence-corrected chi connectivity index (χ4v) is 6.10. The second-order valence-electron chi connectivity index (χ2n) is 10.2. The molecule has 0 saturated heterocycles. The van der Waals surface area contributed by atoms with Crippen LogP contribution in [0, 0.1) is 6.92 Å². The first-order chi connectivity index (χ1) is 18.8. The van der Waals surface area contributed by atoms with Gasteiger partial charge in [-0.25, -0.2) is 0 Å². The molecule has 1 aliphatic rings. The van der Waals surface area contributed by atoms with Gasteiger partial charge in [-0.1, -0.05) is 145 Å². The zero-order valence-electron chi connectivity index (χ0n) is 21.5. The van der Waals surface area contributed by atoms with E-state index in [1.807, 2.05) is 0 Å². The molecule has 0 heterocycles. The maximum absolute atomic E-state index is 2.31. The highest BCUT2D eigenvalue weighted by molar-refractivity contribution is 6.10. The van der Waals surface area contributed by atoms with Crippen molar-refractivity contribution in [3.63, 3.8) is 0 Å². The molecule has 0 aliphatic heterocycles. The van der Waals surface area contributed by atoms with Gasteiger partial charge >= 0.3 is 0 Å². The zero-order valence-corrected chi connectivity index (χ0v) is 21.5. The number of hydrogen-bond donors (Lipinski definition) is 0. The quantitative estimate of drug-likeness (QED) is 0.233. The Balaban J connectivity index is 1.74. The average molecular weight is 485 g/mol. The van der Waals surface area contributed by atoms with E-state index < -0.39 is 0 Å². The summed E-state index contributed by atoms with van der Waals surface area (Å²) in [4.78, 5) is 0. The minimum absolute atomic E-state index is 0.934. The smallest absolute Gasteiger partial charge is 0.000683 e. The summed E-state index contributed by atoms with van der Waals surface area (Å²) in [6.07, 6.45) is 0.934. The van der Waals surface area contributed by atoms with Crippen LogP contribution in [0.15, 0.2) is 140 Å². The van der Waals surface area contributed by atoms with Gasteiger partial charge in [0.05, 0.1) is 0 Å². The summed E-state index contributed by atoms with van der Waals surface area (Å²) in [6, 6.07) is 50.9. The van der Waals surface area contributed by atoms with E-state index in [4.69, 9.17) is 0 Å². The van der Waals surface area contributed by atoms with E-state index in [-0.39, 0.29) is 0 Å². The van der Waals surface area contributed by atoms with E-state index in [0.717, 1.165) is 6.42 Å². The molecule has 0 N–H and O–H groups in total. The van der Waals surface area contributed by atoms with E-state index in [2.05, 4.69) is 146 Å². The number of aryl methyl sites for hydroxylation is 1. The van der Waals surface area contributed by atoms with E-state index in [1.165, 1.54) is 72.3 Å². The highest BCUT2D eigenvalue weighted by Crippen LogP contribution is 2.55. The molecule has 0 nitrogen and oxygen atoms in total. The first kappa shape index (κ1) is 22.5. The van der Waals surface area contributed by atoms with Crippen LogP contribution < -0.4 is 0 Å². The molecule has 0 atom stereocenters. The lowest BCUT2D eigenvalue weighted by Crippen LogP contribution is -2.00. The number of benzene rings is 6. The van der Waals surface area contributed by atoms with Gasteiger partial charge < -0.3 is 0 Å². The third kappa shape index (κ3) is 3.69. The van der Waals surface area contributed by atoms with Crippen molar-refractivity contribution in [2.45, 2.75) is 13.3 Å². The molecule has 0 fully saturated rings. The van der Waals surface area contributed by atoms with Crippen LogP contribution in [0.2, 0.25) is 0 Å². The molecule has 1 aliphatic carbocycles. The molecule has 7 rings (SSSR count). The molecule has 0 radical (unpaired) electrons. The Morgan fingerprint density at radius 3 is 1.34 bits per heavy atom. The highest BCUT2D eigenvalue weighted by Gasteiger charge is 2.31. The van der Waals surface area contributed by atoms with Gasteiger partial charge in [-0.05, 0) is 80.1 Å². The van der Waals surface area contributed by atoms with Gasteiger partial charge in [-0.2, -0.15) is 0 Å². The van der Waals surface area contributed by atoms with Crippen LogP contribution >= 0.6 is 0 Å². The van der Waals surface area contributed by atoms with Crippen LogP contribution in [0.4, 0.5) is 0 Å². The molecule has 0 unspecified atom stereocenters.